The monoisotopic (exact) mass is 1190 g/mol. The Bertz CT molecular complexity index is 6000. The van der Waals surface area contributed by atoms with Crippen molar-refractivity contribution in [3.8, 4) is 33.4 Å². The van der Waals surface area contributed by atoms with E-state index < -0.39 is 14.3 Å². The molecule has 4 nitrogen and oxygen atoms in total. The molecule has 422 valence electrons. The van der Waals surface area contributed by atoms with E-state index in [-0.39, 0.29) is 0 Å². The summed E-state index contributed by atoms with van der Waals surface area (Å²) in [5.41, 5.74) is 9.39. The minimum absolute atomic E-state index is 0.794. The molecule has 2 heterocycles. The molecule has 0 unspecified atom stereocenters. The number of hydrogen-bond acceptors (Lipinski definition) is 4. The Kier molecular flexibility index (Phi) is 11.8. The predicted molar refractivity (Wildman–Crippen MR) is 381 cm³/mol. The molecular weight excluding hydrogens is 1130 g/mol. The van der Waals surface area contributed by atoms with Crippen molar-refractivity contribution in [3.63, 3.8) is 0 Å². The largest absolute Gasteiger partial charge is 0.455 e. The fourth-order valence-electron chi connectivity index (χ4n) is 14.7. The highest BCUT2D eigenvalue weighted by molar-refractivity contribution is 7.86. The first-order chi connectivity index (χ1) is 44.4. The zero-order valence-electron chi connectivity index (χ0n) is 48.5. The number of fused-ring (bicyclic) bond motifs is 18. The van der Waals surface area contributed by atoms with Gasteiger partial charge in [0, 0.05) is 69.7 Å². The summed E-state index contributed by atoms with van der Waals surface area (Å²) in [5, 5.41) is 21.7. The van der Waals surface area contributed by atoms with E-state index in [2.05, 4.69) is 188 Å². The van der Waals surface area contributed by atoms with Crippen molar-refractivity contribution in [2.45, 2.75) is 0 Å². The number of benzene rings is 16. The van der Waals surface area contributed by atoms with Crippen molar-refractivity contribution in [2.75, 3.05) is 0 Å². The van der Waals surface area contributed by atoms with Crippen molar-refractivity contribution >= 4 is 155 Å². The fourth-order valence-corrected chi connectivity index (χ4v) is 20.4. The summed E-state index contributed by atoms with van der Waals surface area (Å²) >= 11 is 0. The van der Waals surface area contributed by atoms with Crippen molar-refractivity contribution in [1.82, 2.24) is 0 Å². The van der Waals surface area contributed by atoms with Crippen molar-refractivity contribution < 1.29 is 18.0 Å². The van der Waals surface area contributed by atoms with Crippen LogP contribution in [0.1, 0.15) is 0 Å². The van der Waals surface area contributed by atoms with Crippen LogP contribution in [0.4, 0.5) is 0 Å². The minimum atomic E-state index is -3.36. The molecule has 16 aromatic carbocycles. The van der Waals surface area contributed by atoms with Crippen molar-refractivity contribution in [1.29, 1.82) is 0 Å². The first kappa shape index (κ1) is 52.3. The Balaban J connectivity index is 0.866. The number of rotatable bonds is 9. The molecule has 0 saturated heterocycles. The molecule has 18 aromatic rings. The van der Waals surface area contributed by atoms with E-state index >= 15 is 9.13 Å². The van der Waals surface area contributed by atoms with Crippen LogP contribution in [0.25, 0.3) is 142 Å². The molecular formula is C84H52O4P2. The molecule has 0 saturated carbocycles. The fraction of sp³-hybridized carbons (Fsp3) is 0. The topological polar surface area (TPSA) is 60.4 Å². The molecule has 90 heavy (non-hydrogen) atoms. The van der Waals surface area contributed by atoms with Gasteiger partial charge in [-0.25, -0.2) is 0 Å². The van der Waals surface area contributed by atoms with E-state index in [0.717, 1.165) is 168 Å². The van der Waals surface area contributed by atoms with E-state index in [1.54, 1.807) is 0 Å². The standard InChI is InChI=1S/C84H52O4P2/c85-89(56-23-5-1-6-24-56,57-25-7-2-8-26-57)78-42-22-40-63-60(39-21-41-68(63)78)55-51-73(82-76(52-55)81-69-36-18-14-32-64(69)65-33-15-19-37-71(65)84(81)88-82)54-43-45-70-74(49-54)66-34-16-20-38-72(66)83-80(70)75-50-53(44-47-77(75)87-83)61-46-48-79(67-35-17-13-31-62(61)67)90(86,58-27-9-3-10-28-58)59-29-11-4-12-30-59/h1-52H. The lowest BCUT2D eigenvalue weighted by atomic mass is 9.90. The average Bonchev–Trinajstić information content (AvgIpc) is 1.51. The molecule has 0 N–H and O–H groups in total. The van der Waals surface area contributed by atoms with Gasteiger partial charge < -0.3 is 18.0 Å². The first-order valence-electron chi connectivity index (χ1n) is 30.5. The molecule has 0 amide bonds. The van der Waals surface area contributed by atoms with Crippen molar-refractivity contribution in [2.24, 2.45) is 0 Å². The van der Waals surface area contributed by atoms with Crippen LogP contribution in [-0.2, 0) is 9.13 Å². The van der Waals surface area contributed by atoms with Crippen LogP contribution in [0.15, 0.2) is 324 Å². The summed E-state index contributed by atoms with van der Waals surface area (Å²) in [7, 11) is -6.66. The van der Waals surface area contributed by atoms with Gasteiger partial charge in [0.1, 0.15) is 22.3 Å². The Hall–Kier alpha value is -10.9. The molecule has 0 atom stereocenters. The molecule has 6 heteroatoms. The van der Waals surface area contributed by atoms with E-state index in [1.165, 1.54) is 5.39 Å². The second kappa shape index (κ2) is 20.4. The summed E-state index contributed by atoms with van der Waals surface area (Å²) in [6, 6.07) is 109. The van der Waals surface area contributed by atoms with E-state index in [1.807, 2.05) is 127 Å². The summed E-state index contributed by atoms with van der Waals surface area (Å²) in [6.07, 6.45) is 0. The van der Waals surface area contributed by atoms with Crippen LogP contribution in [0.5, 0.6) is 0 Å². The average molecular weight is 1190 g/mol. The van der Waals surface area contributed by atoms with Crippen LogP contribution >= 0.6 is 14.3 Å². The Morgan fingerprint density at radius 1 is 0.211 bits per heavy atom. The summed E-state index contributed by atoms with van der Waals surface area (Å²) in [5.74, 6) is 0. The molecule has 0 spiro atoms. The van der Waals surface area contributed by atoms with Gasteiger partial charge in [0.05, 0.1) is 0 Å². The van der Waals surface area contributed by atoms with Gasteiger partial charge in [-0.05, 0) is 118 Å². The highest BCUT2D eigenvalue weighted by Gasteiger charge is 2.34. The second-order valence-electron chi connectivity index (χ2n) is 23.5. The highest BCUT2D eigenvalue weighted by Crippen LogP contribution is 2.51. The molecule has 0 aliphatic rings. The smallest absolute Gasteiger partial charge is 0.171 e. The normalized spacial score (nSPS) is 12.3. The maximum absolute atomic E-state index is 16.2. The summed E-state index contributed by atoms with van der Waals surface area (Å²) in [4.78, 5) is 0. The van der Waals surface area contributed by atoms with Gasteiger partial charge in [0.25, 0.3) is 0 Å². The Morgan fingerprint density at radius 2 is 0.600 bits per heavy atom. The van der Waals surface area contributed by atoms with Crippen LogP contribution < -0.4 is 31.8 Å². The Labute approximate surface area is 518 Å². The molecule has 2 aromatic heterocycles. The van der Waals surface area contributed by atoms with Gasteiger partial charge in [0.2, 0.25) is 0 Å². The quantitative estimate of drug-likeness (QED) is 0.107. The molecule has 0 radical (unpaired) electrons. The zero-order valence-corrected chi connectivity index (χ0v) is 50.3. The van der Waals surface area contributed by atoms with Gasteiger partial charge in [0.15, 0.2) is 14.3 Å². The Morgan fingerprint density at radius 3 is 1.20 bits per heavy atom. The van der Waals surface area contributed by atoms with Gasteiger partial charge in [-0.3, -0.25) is 0 Å². The highest BCUT2D eigenvalue weighted by atomic mass is 31.2. The lowest BCUT2D eigenvalue weighted by molar-refractivity contribution is 0.592. The zero-order chi connectivity index (χ0) is 59.7. The maximum atomic E-state index is 16.2. The minimum Gasteiger partial charge on any atom is -0.455 e. The van der Waals surface area contributed by atoms with E-state index in [4.69, 9.17) is 8.83 Å². The molecule has 0 bridgehead atoms. The van der Waals surface area contributed by atoms with Gasteiger partial charge in [-0.1, -0.05) is 279 Å². The molecule has 0 fully saturated rings. The third-order valence-corrected chi connectivity index (χ3v) is 25.0. The maximum Gasteiger partial charge on any atom is 0.171 e. The van der Waals surface area contributed by atoms with Crippen LogP contribution in [0.2, 0.25) is 0 Å². The molecule has 0 aliphatic heterocycles. The van der Waals surface area contributed by atoms with E-state index in [0.29, 0.717) is 0 Å². The third-order valence-electron chi connectivity index (χ3n) is 18.8. The van der Waals surface area contributed by atoms with Crippen LogP contribution in [-0.4, -0.2) is 0 Å². The van der Waals surface area contributed by atoms with Crippen LogP contribution in [0, 0.1) is 0 Å². The van der Waals surface area contributed by atoms with Gasteiger partial charge in [-0.15, -0.1) is 0 Å². The number of hydrogen-bond donors (Lipinski definition) is 0. The van der Waals surface area contributed by atoms with E-state index in [9.17, 15) is 0 Å². The predicted octanol–water partition coefficient (Wildman–Crippen LogP) is 20.7. The van der Waals surface area contributed by atoms with Gasteiger partial charge in [-0.2, -0.15) is 0 Å². The second-order valence-corrected chi connectivity index (χ2v) is 29.0. The van der Waals surface area contributed by atoms with Gasteiger partial charge >= 0.3 is 0 Å². The lowest BCUT2D eigenvalue weighted by Gasteiger charge is -2.22. The van der Waals surface area contributed by atoms with Crippen molar-refractivity contribution in [3.05, 3.63) is 315 Å². The first-order valence-corrected chi connectivity index (χ1v) is 33.9. The third kappa shape index (κ3) is 7.75. The lowest BCUT2D eigenvalue weighted by Crippen LogP contribution is -2.25. The summed E-state index contributed by atoms with van der Waals surface area (Å²) in [6.45, 7) is 0. The van der Waals surface area contributed by atoms with Crippen LogP contribution in [0.3, 0.4) is 0 Å². The SMILES string of the molecule is O=P(c1ccccc1)(c1ccccc1)c1ccc(-c2ccc3oc4c5ccccc5c5cc(-c6cc(-c7cccc8c(P(=O)(c9ccccc9)c9ccccc9)cccc78)cc7c6oc6c8ccccc8c8ccccc8c76)ccc5c4c3c2)c2ccccc12. The molecule has 0 aliphatic carbocycles. The molecule has 18 rings (SSSR count). The number of furan rings is 2. The summed E-state index contributed by atoms with van der Waals surface area (Å²) < 4.78 is 46.5.